The second-order valence-corrected chi connectivity index (χ2v) is 5.99. The van der Waals surface area contributed by atoms with Crippen molar-refractivity contribution < 1.29 is 4.74 Å². The number of hydrogen-bond donors (Lipinski definition) is 2. The molecule has 0 saturated heterocycles. The van der Waals surface area contributed by atoms with Crippen LogP contribution in [0.5, 0.6) is 0 Å². The number of thiocarbonyl (C=S) groups is 1. The average molecular weight is 313 g/mol. The Hall–Kier alpha value is -0.840. The number of anilines is 1. The van der Waals surface area contributed by atoms with Gasteiger partial charge in [0.25, 0.3) is 0 Å². The summed E-state index contributed by atoms with van der Waals surface area (Å²) >= 11 is 11.0. The van der Waals surface area contributed by atoms with Crippen molar-refractivity contribution in [1.29, 1.82) is 0 Å². The van der Waals surface area contributed by atoms with Crippen LogP contribution in [0.3, 0.4) is 0 Å². The maximum Gasteiger partial charge on any atom is 0.106 e. The first-order chi connectivity index (χ1) is 9.66. The lowest BCUT2D eigenvalue weighted by atomic mass is 9.98. The Kier molecular flexibility index (Phi) is 6.07. The number of benzene rings is 1. The summed E-state index contributed by atoms with van der Waals surface area (Å²) in [6.45, 7) is 1.42. The third-order valence-electron chi connectivity index (χ3n) is 3.57. The quantitative estimate of drug-likeness (QED) is 0.620. The summed E-state index contributed by atoms with van der Waals surface area (Å²) in [5, 5.41) is 3.97. The van der Waals surface area contributed by atoms with Crippen LogP contribution >= 0.6 is 23.8 Å². The second kappa shape index (κ2) is 7.81. The first kappa shape index (κ1) is 15.5. The fourth-order valence-electron chi connectivity index (χ4n) is 2.52. The minimum atomic E-state index is 0.373. The lowest BCUT2D eigenvalue weighted by molar-refractivity contribution is 0.0347. The van der Waals surface area contributed by atoms with E-state index in [1.807, 2.05) is 12.1 Å². The molecule has 0 amide bonds. The van der Waals surface area contributed by atoms with E-state index >= 15 is 0 Å². The zero-order valence-corrected chi connectivity index (χ0v) is 13.1. The molecule has 1 saturated carbocycles. The van der Waals surface area contributed by atoms with Gasteiger partial charge in [-0.05, 0) is 31.0 Å². The maximum atomic E-state index is 6.00. The molecule has 1 aliphatic carbocycles. The number of nitrogens with two attached hydrogens (primary N) is 1. The number of halogens is 1. The monoisotopic (exact) mass is 312 g/mol. The van der Waals surface area contributed by atoms with E-state index in [9.17, 15) is 0 Å². The third-order valence-corrected chi connectivity index (χ3v) is 4.03. The molecule has 0 aromatic heterocycles. The fraction of sp³-hybridized carbons (Fsp3) is 0.533. The minimum absolute atomic E-state index is 0.373. The Morgan fingerprint density at radius 2 is 2.10 bits per heavy atom. The number of ether oxygens (including phenoxy) is 1. The van der Waals surface area contributed by atoms with Gasteiger partial charge in [-0.25, -0.2) is 0 Å². The van der Waals surface area contributed by atoms with E-state index in [4.69, 9.17) is 34.3 Å². The number of rotatable bonds is 6. The lowest BCUT2D eigenvalue weighted by Crippen LogP contribution is -2.21. The largest absolute Gasteiger partial charge is 0.389 e. The number of nitrogens with one attached hydrogen (secondary N) is 1. The van der Waals surface area contributed by atoms with E-state index in [-0.39, 0.29) is 0 Å². The van der Waals surface area contributed by atoms with Crippen molar-refractivity contribution in [3.05, 3.63) is 28.8 Å². The molecule has 5 heteroatoms. The van der Waals surface area contributed by atoms with Gasteiger partial charge in [0.1, 0.15) is 4.99 Å². The molecule has 1 aromatic rings. The third kappa shape index (κ3) is 4.62. The molecule has 0 heterocycles. The summed E-state index contributed by atoms with van der Waals surface area (Å²) in [5.41, 5.74) is 7.40. The predicted molar refractivity (Wildman–Crippen MR) is 88.7 cm³/mol. The van der Waals surface area contributed by atoms with Gasteiger partial charge in [0.05, 0.1) is 12.7 Å². The summed E-state index contributed by atoms with van der Waals surface area (Å²) < 4.78 is 5.88. The van der Waals surface area contributed by atoms with E-state index in [1.54, 1.807) is 6.07 Å². The highest BCUT2D eigenvalue weighted by Gasteiger charge is 2.13. The van der Waals surface area contributed by atoms with Crippen LogP contribution in [0, 0.1) is 0 Å². The van der Waals surface area contributed by atoms with Gasteiger partial charge in [-0.15, -0.1) is 0 Å². The summed E-state index contributed by atoms with van der Waals surface area (Å²) in [7, 11) is 0. The van der Waals surface area contributed by atoms with Gasteiger partial charge in [0, 0.05) is 22.8 Å². The molecule has 3 N–H and O–H groups in total. The molecule has 0 bridgehead atoms. The zero-order chi connectivity index (χ0) is 14.4. The molecule has 20 heavy (non-hydrogen) atoms. The summed E-state index contributed by atoms with van der Waals surface area (Å²) in [5.74, 6) is 0. The Labute approximate surface area is 130 Å². The Balaban J connectivity index is 1.81. The van der Waals surface area contributed by atoms with E-state index in [0.29, 0.717) is 22.7 Å². The van der Waals surface area contributed by atoms with Gasteiger partial charge >= 0.3 is 0 Å². The highest BCUT2D eigenvalue weighted by molar-refractivity contribution is 7.80. The second-order valence-electron chi connectivity index (χ2n) is 5.11. The van der Waals surface area contributed by atoms with Gasteiger partial charge in [-0.3, -0.25) is 0 Å². The molecule has 2 rings (SSSR count). The minimum Gasteiger partial charge on any atom is -0.389 e. The molecular weight excluding hydrogens is 292 g/mol. The van der Waals surface area contributed by atoms with E-state index in [0.717, 1.165) is 17.8 Å². The molecule has 1 aliphatic rings. The first-order valence-corrected chi connectivity index (χ1v) is 7.90. The molecule has 0 spiro atoms. The first-order valence-electron chi connectivity index (χ1n) is 7.11. The van der Waals surface area contributed by atoms with E-state index in [2.05, 4.69) is 5.32 Å². The Morgan fingerprint density at radius 3 is 2.80 bits per heavy atom. The van der Waals surface area contributed by atoms with Crippen molar-refractivity contribution >= 4 is 34.5 Å². The molecule has 110 valence electrons. The summed E-state index contributed by atoms with van der Waals surface area (Å²) in [6.07, 6.45) is 6.73. The lowest BCUT2D eigenvalue weighted by Gasteiger charge is -2.22. The van der Waals surface area contributed by atoms with Crippen LogP contribution in [-0.4, -0.2) is 24.2 Å². The smallest absolute Gasteiger partial charge is 0.106 e. The van der Waals surface area contributed by atoms with Gasteiger partial charge in [0.2, 0.25) is 0 Å². The van der Waals surface area contributed by atoms with Crippen LogP contribution in [0.15, 0.2) is 18.2 Å². The average Bonchev–Trinajstić information content (AvgIpc) is 2.44. The van der Waals surface area contributed by atoms with Gasteiger partial charge < -0.3 is 15.8 Å². The number of hydrogen-bond acceptors (Lipinski definition) is 3. The molecular formula is C15H21ClN2OS. The molecule has 0 aliphatic heterocycles. The summed E-state index contributed by atoms with van der Waals surface area (Å²) in [4.78, 5) is 0.373. The van der Waals surface area contributed by atoms with Crippen LogP contribution in [0.2, 0.25) is 5.02 Å². The van der Waals surface area contributed by atoms with Crippen molar-refractivity contribution in [1.82, 2.24) is 0 Å². The van der Waals surface area contributed by atoms with Crippen LogP contribution in [0.1, 0.15) is 37.7 Å². The molecule has 0 unspecified atom stereocenters. The normalized spacial score (nSPS) is 16.1. The van der Waals surface area contributed by atoms with Crippen LogP contribution in [0.25, 0.3) is 0 Å². The van der Waals surface area contributed by atoms with Crippen molar-refractivity contribution in [3.63, 3.8) is 0 Å². The highest BCUT2D eigenvalue weighted by atomic mass is 35.5. The molecule has 0 radical (unpaired) electrons. The van der Waals surface area contributed by atoms with Crippen LogP contribution in [0.4, 0.5) is 5.69 Å². The van der Waals surface area contributed by atoms with Crippen molar-refractivity contribution in [2.75, 3.05) is 18.5 Å². The highest BCUT2D eigenvalue weighted by Crippen LogP contribution is 2.22. The van der Waals surface area contributed by atoms with Crippen molar-refractivity contribution in [3.8, 4) is 0 Å². The van der Waals surface area contributed by atoms with E-state index in [1.165, 1.54) is 32.1 Å². The maximum absolute atomic E-state index is 6.00. The zero-order valence-electron chi connectivity index (χ0n) is 11.5. The van der Waals surface area contributed by atoms with Crippen molar-refractivity contribution in [2.45, 2.75) is 38.2 Å². The Bertz CT molecular complexity index is 461. The molecule has 3 nitrogen and oxygen atoms in total. The molecule has 0 atom stereocenters. The van der Waals surface area contributed by atoms with Crippen molar-refractivity contribution in [2.24, 2.45) is 5.73 Å². The van der Waals surface area contributed by atoms with Gasteiger partial charge in [0.15, 0.2) is 0 Å². The van der Waals surface area contributed by atoms with E-state index < -0.39 is 0 Å². The van der Waals surface area contributed by atoms with Gasteiger partial charge in [-0.1, -0.05) is 43.1 Å². The standard InChI is InChI=1S/C15H21ClN2OS/c16-11-6-7-13(15(17)20)14(10-11)18-8-9-19-12-4-2-1-3-5-12/h6-7,10,12,18H,1-5,8-9H2,(H2,17,20). The SMILES string of the molecule is NC(=S)c1ccc(Cl)cc1NCCOC1CCCCC1. The fourth-order valence-corrected chi connectivity index (χ4v) is 2.87. The Morgan fingerprint density at radius 1 is 1.35 bits per heavy atom. The predicted octanol–water partition coefficient (Wildman–Crippen LogP) is 3.74. The summed E-state index contributed by atoms with van der Waals surface area (Å²) in [6, 6.07) is 5.48. The molecule has 1 fully saturated rings. The van der Waals surface area contributed by atoms with Crippen LogP contribution < -0.4 is 11.1 Å². The molecule has 1 aromatic carbocycles. The topological polar surface area (TPSA) is 47.3 Å². The van der Waals surface area contributed by atoms with Gasteiger partial charge in [-0.2, -0.15) is 0 Å². The van der Waals surface area contributed by atoms with Crippen LogP contribution in [-0.2, 0) is 4.74 Å².